The summed E-state index contributed by atoms with van der Waals surface area (Å²) in [6.45, 7) is 21.4. The van der Waals surface area contributed by atoms with Crippen LogP contribution in [0.3, 0.4) is 0 Å². The molecule has 3 aromatic heterocycles. The van der Waals surface area contributed by atoms with Crippen molar-refractivity contribution in [2.45, 2.75) is 158 Å². The van der Waals surface area contributed by atoms with Crippen molar-refractivity contribution in [2.75, 3.05) is 52.9 Å². The number of rotatable bonds is 32. The lowest BCUT2D eigenvalue weighted by Gasteiger charge is -2.12. The van der Waals surface area contributed by atoms with E-state index in [1.165, 1.54) is 0 Å². The summed E-state index contributed by atoms with van der Waals surface area (Å²) in [5, 5.41) is 0. The molecular formula is C52H78N4O8. The number of hydrogen-bond donors (Lipinski definition) is 2. The van der Waals surface area contributed by atoms with Gasteiger partial charge in [0.2, 0.25) is 0 Å². The standard InChI is InChI=1S/C52H78N4O8/c1-9-17-25-57-45-37-33-39-47(59-27-19-11-3)49(61-29-21-13-5)41(54-39)35-43-51(63-31-23-15-7)52(64-32-24-16-8)44(56-43)36-42-50(62-30-22-14-6)48(60-28-20-12-4)40(55-42)34-38(53-37)46(45)58-26-18-10-2/h33-36,53,56H,9-32H2,1-8H3. The summed E-state index contributed by atoms with van der Waals surface area (Å²) in [6.07, 6.45) is 14.9. The normalized spacial score (nSPS) is 12.5. The maximum absolute atomic E-state index is 6.67. The monoisotopic (exact) mass is 887 g/mol. The second-order valence-corrected chi connectivity index (χ2v) is 16.5. The van der Waals surface area contributed by atoms with Crippen LogP contribution in [0, 0.1) is 0 Å². The minimum Gasteiger partial charge on any atom is -0.488 e. The molecule has 0 fully saturated rings. The average Bonchev–Trinajstić information content (AvgIpc) is 3.99. The first-order chi connectivity index (χ1) is 31.5. The van der Waals surface area contributed by atoms with Gasteiger partial charge in [0.15, 0.2) is 46.0 Å². The molecule has 5 rings (SSSR count). The van der Waals surface area contributed by atoms with Crippen molar-refractivity contribution in [1.82, 2.24) is 19.9 Å². The van der Waals surface area contributed by atoms with E-state index in [-0.39, 0.29) is 0 Å². The van der Waals surface area contributed by atoms with Crippen molar-refractivity contribution >= 4 is 45.1 Å². The summed E-state index contributed by atoms with van der Waals surface area (Å²) < 4.78 is 53.3. The van der Waals surface area contributed by atoms with Crippen LogP contribution in [0.15, 0.2) is 24.3 Å². The zero-order valence-corrected chi connectivity index (χ0v) is 40.4. The highest BCUT2D eigenvalue weighted by Gasteiger charge is 2.29. The van der Waals surface area contributed by atoms with Gasteiger partial charge in [0.25, 0.3) is 0 Å². The van der Waals surface area contributed by atoms with Crippen LogP contribution in [0.1, 0.15) is 181 Å². The number of nitrogens with zero attached hydrogens (tertiary/aromatic N) is 2. The number of fused-ring (bicyclic) bond motifs is 8. The van der Waals surface area contributed by atoms with Gasteiger partial charge in [-0.1, -0.05) is 107 Å². The van der Waals surface area contributed by atoms with Gasteiger partial charge in [-0.3, -0.25) is 0 Å². The summed E-state index contributed by atoms with van der Waals surface area (Å²) in [5.41, 5.74) is 5.27. The maximum atomic E-state index is 6.67. The summed E-state index contributed by atoms with van der Waals surface area (Å²) >= 11 is 0. The highest BCUT2D eigenvalue weighted by atomic mass is 16.5. The average molecular weight is 887 g/mol. The summed E-state index contributed by atoms with van der Waals surface area (Å²) in [6, 6.07) is 7.98. The number of aromatic nitrogens is 4. The molecule has 0 saturated heterocycles. The molecule has 0 spiro atoms. The van der Waals surface area contributed by atoms with Gasteiger partial charge < -0.3 is 47.9 Å². The summed E-state index contributed by atoms with van der Waals surface area (Å²) in [7, 11) is 0. The third-order valence-electron chi connectivity index (χ3n) is 10.8. The van der Waals surface area contributed by atoms with Crippen molar-refractivity contribution in [3.05, 3.63) is 47.0 Å². The zero-order valence-electron chi connectivity index (χ0n) is 40.4. The van der Waals surface area contributed by atoms with E-state index in [9.17, 15) is 0 Å². The van der Waals surface area contributed by atoms with Crippen LogP contribution >= 0.6 is 0 Å². The molecule has 8 bridgehead atoms. The number of unbranched alkanes of at least 4 members (excludes halogenated alkanes) is 8. The molecule has 354 valence electrons. The Bertz CT molecular complexity index is 1830. The SMILES string of the molecule is CCCCOC1=C(OCCCC)c2cc3[nH]c(cc4nc(cc5[nH]c(cc1n2)c(OCCCC)c5OCCCC)C(OCCCC)=C4OCCCC)c(OCCCC)c3OCCCC. The van der Waals surface area contributed by atoms with Gasteiger partial charge in [0.05, 0.1) is 74.9 Å². The van der Waals surface area contributed by atoms with Crippen LogP contribution in [0.25, 0.3) is 45.1 Å². The quantitative estimate of drug-likeness (QED) is 0.0584. The first-order valence-electron chi connectivity index (χ1n) is 24.8. The zero-order chi connectivity index (χ0) is 45.5. The lowest BCUT2D eigenvalue weighted by atomic mass is 10.2. The molecule has 3 aromatic rings. The van der Waals surface area contributed by atoms with E-state index < -0.39 is 0 Å². The molecule has 64 heavy (non-hydrogen) atoms. The van der Waals surface area contributed by atoms with E-state index >= 15 is 0 Å². The van der Waals surface area contributed by atoms with Gasteiger partial charge >= 0.3 is 0 Å². The summed E-state index contributed by atoms with van der Waals surface area (Å²) in [4.78, 5) is 18.0. The predicted octanol–water partition coefficient (Wildman–Crippen LogP) is 13.9. The fourth-order valence-corrected chi connectivity index (χ4v) is 6.96. The van der Waals surface area contributed by atoms with Crippen LogP contribution in [0.4, 0.5) is 0 Å². The van der Waals surface area contributed by atoms with Crippen LogP contribution in [-0.4, -0.2) is 72.8 Å². The molecule has 0 atom stereocenters. The number of ether oxygens (including phenoxy) is 8. The van der Waals surface area contributed by atoms with Gasteiger partial charge in [0, 0.05) is 0 Å². The van der Waals surface area contributed by atoms with Crippen molar-refractivity contribution in [1.29, 1.82) is 0 Å². The molecule has 2 N–H and O–H groups in total. The van der Waals surface area contributed by atoms with Crippen LogP contribution in [0.5, 0.6) is 23.0 Å². The molecular weight excluding hydrogens is 809 g/mol. The first-order valence-corrected chi connectivity index (χ1v) is 24.8. The molecule has 0 unspecified atom stereocenters. The fourth-order valence-electron chi connectivity index (χ4n) is 6.96. The molecule has 0 saturated carbocycles. The molecule has 0 aliphatic carbocycles. The molecule has 0 radical (unpaired) electrons. The summed E-state index contributed by atoms with van der Waals surface area (Å²) in [5.74, 6) is 4.79. The van der Waals surface area contributed by atoms with Crippen LogP contribution in [-0.2, 0) is 18.9 Å². The Labute approximate surface area is 382 Å². The third kappa shape index (κ3) is 13.5. The van der Waals surface area contributed by atoms with E-state index in [1.807, 2.05) is 24.3 Å². The molecule has 2 aliphatic heterocycles. The Morgan fingerprint density at radius 1 is 0.297 bits per heavy atom. The smallest absolute Gasteiger partial charge is 0.189 e. The van der Waals surface area contributed by atoms with Gasteiger partial charge in [-0.05, 0) is 75.6 Å². The van der Waals surface area contributed by atoms with Crippen LogP contribution < -0.4 is 18.9 Å². The van der Waals surface area contributed by atoms with Crippen LogP contribution in [0.2, 0.25) is 0 Å². The topological polar surface area (TPSA) is 131 Å². The van der Waals surface area contributed by atoms with Gasteiger partial charge in [-0.15, -0.1) is 0 Å². The molecule has 5 heterocycles. The maximum Gasteiger partial charge on any atom is 0.189 e. The second-order valence-electron chi connectivity index (χ2n) is 16.5. The molecule has 12 heteroatoms. The predicted molar refractivity (Wildman–Crippen MR) is 260 cm³/mol. The largest absolute Gasteiger partial charge is 0.488 e. The molecule has 2 aliphatic rings. The van der Waals surface area contributed by atoms with Gasteiger partial charge in [-0.2, -0.15) is 0 Å². The first kappa shape index (κ1) is 50.0. The van der Waals surface area contributed by atoms with Gasteiger partial charge in [-0.25, -0.2) is 9.97 Å². The van der Waals surface area contributed by atoms with E-state index in [0.29, 0.717) is 144 Å². The minimum atomic E-state index is 0.512. The number of H-pyrrole nitrogens is 2. The number of nitrogens with one attached hydrogen (secondary N) is 2. The Kier molecular flexibility index (Phi) is 21.4. The fraction of sp³-hybridized carbons (Fsp3) is 0.615. The van der Waals surface area contributed by atoms with E-state index in [4.69, 9.17) is 47.9 Å². The Morgan fingerprint density at radius 2 is 0.484 bits per heavy atom. The number of aromatic amines is 2. The Hall–Kier alpha value is -5.00. The molecule has 0 amide bonds. The van der Waals surface area contributed by atoms with E-state index in [2.05, 4.69) is 65.4 Å². The third-order valence-corrected chi connectivity index (χ3v) is 10.8. The lowest BCUT2D eigenvalue weighted by Crippen LogP contribution is -2.01. The molecule has 12 nitrogen and oxygen atoms in total. The highest BCUT2D eigenvalue weighted by Crippen LogP contribution is 2.44. The Balaban J connectivity index is 1.99. The minimum absolute atomic E-state index is 0.512. The van der Waals surface area contributed by atoms with E-state index in [0.717, 1.165) is 103 Å². The second kappa shape index (κ2) is 27.4. The lowest BCUT2D eigenvalue weighted by molar-refractivity contribution is 0.238. The highest BCUT2D eigenvalue weighted by molar-refractivity contribution is 5.92. The van der Waals surface area contributed by atoms with Gasteiger partial charge in [0.1, 0.15) is 22.8 Å². The van der Waals surface area contributed by atoms with Crippen molar-refractivity contribution in [2.24, 2.45) is 0 Å². The van der Waals surface area contributed by atoms with Crippen molar-refractivity contribution < 1.29 is 37.9 Å². The molecule has 0 aromatic carbocycles. The van der Waals surface area contributed by atoms with E-state index in [1.54, 1.807) is 0 Å². The van der Waals surface area contributed by atoms with Crippen molar-refractivity contribution in [3.8, 4) is 23.0 Å². The van der Waals surface area contributed by atoms with Crippen molar-refractivity contribution in [3.63, 3.8) is 0 Å². The Morgan fingerprint density at radius 3 is 0.672 bits per heavy atom. The number of hydrogen-bond acceptors (Lipinski definition) is 10.